The molecule has 0 fully saturated rings. The molecule has 0 saturated carbocycles. The van der Waals surface area contributed by atoms with Gasteiger partial charge >= 0.3 is 0 Å². The van der Waals surface area contributed by atoms with E-state index < -0.39 is 0 Å². The fourth-order valence-corrected chi connectivity index (χ4v) is 2.15. The SMILES string of the molecule is C=C1NC(=O)c2ccccc21.CC(C)(C)c1ccccc1. The Labute approximate surface area is 126 Å². The maximum Gasteiger partial charge on any atom is 0.256 e. The van der Waals surface area contributed by atoms with Gasteiger partial charge in [-0.3, -0.25) is 4.79 Å². The molecule has 108 valence electrons. The Morgan fingerprint density at radius 3 is 1.86 bits per heavy atom. The Balaban J connectivity index is 0.000000155. The van der Waals surface area contributed by atoms with Crippen molar-refractivity contribution >= 4 is 11.6 Å². The average molecular weight is 279 g/mol. The number of hydrogen-bond acceptors (Lipinski definition) is 1. The highest BCUT2D eigenvalue weighted by Crippen LogP contribution is 2.22. The van der Waals surface area contributed by atoms with Gasteiger partial charge in [0.15, 0.2) is 0 Å². The maximum atomic E-state index is 11.1. The van der Waals surface area contributed by atoms with E-state index in [4.69, 9.17) is 0 Å². The van der Waals surface area contributed by atoms with Crippen LogP contribution in [0.4, 0.5) is 0 Å². The Morgan fingerprint density at radius 2 is 1.38 bits per heavy atom. The predicted molar refractivity (Wildman–Crippen MR) is 88.1 cm³/mol. The Bertz CT molecular complexity index is 618. The molecule has 1 amide bonds. The maximum absolute atomic E-state index is 11.1. The van der Waals surface area contributed by atoms with Crippen LogP contribution in [0.1, 0.15) is 42.3 Å². The van der Waals surface area contributed by atoms with Crippen LogP contribution in [0.15, 0.2) is 61.2 Å². The third kappa shape index (κ3) is 3.60. The van der Waals surface area contributed by atoms with Crippen LogP contribution < -0.4 is 5.32 Å². The minimum atomic E-state index is -0.0504. The Kier molecular flexibility index (Phi) is 4.27. The largest absolute Gasteiger partial charge is 0.322 e. The second-order valence-corrected chi connectivity index (χ2v) is 6.09. The Morgan fingerprint density at radius 1 is 0.857 bits per heavy atom. The molecule has 2 heteroatoms. The molecular formula is C19H21NO. The van der Waals surface area contributed by atoms with Gasteiger partial charge in [0, 0.05) is 16.8 Å². The van der Waals surface area contributed by atoms with Gasteiger partial charge in [-0.2, -0.15) is 0 Å². The summed E-state index contributed by atoms with van der Waals surface area (Å²) in [4.78, 5) is 11.1. The first kappa shape index (κ1) is 15.0. The van der Waals surface area contributed by atoms with Crippen LogP contribution in [0, 0.1) is 0 Å². The van der Waals surface area contributed by atoms with Crippen LogP contribution >= 0.6 is 0 Å². The predicted octanol–water partition coefficient (Wildman–Crippen LogP) is 4.38. The quantitative estimate of drug-likeness (QED) is 0.761. The highest BCUT2D eigenvalue weighted by Gasteiger charge is 2.20. The number of nitrogens with one attached hydrogen (secondary N) is 1. The number of carbonyl (C=O) groups is 1. The molecule has 1 aliphatic rings. The molecule has 0 aliphatic carbocycles. The van der Waals surface area contributed by atoms with Gasteiger partial charge in [-0.1, -0.05) is 75.9 Å². The normalized spacial score (nSPS) is 13.1. The van der Waals surface area contributed by atoms with E-state index in [1.165, 1.54) is 5.56 Å². The first-order valence-corrected chi connectivity index (χ1v) is 7.05. The van der Waals surface area contributed by atoms with E-state index in [0.29, 0.717) is 11.1 Å². The number of amides is 1. The second-order valence-electron chi connectivity index (χ2n) is 6.09. The van der Waals surface area contributed by atoms with Crippen LogP contribution in [0.25, 0.3) is 5.70 Å². The molecule has 0 atom stereocenters. The number of benzene rings is 2. The first-order valence-electron chi connectivity index (χ1n) is 7.05. The zero-order valence-electron chi connectivity index (χ0n) is 12.8. The number of hydrogen-bond donors (Lipinski definition) is 1. The molecule has 0 aromatic heterocycles. The lowest BCUT2D eigenvalue weighted by molar-refractivity contribution is 0.0981. The molecule has 2 aromatic carbocycles. The summed E-state index contributed by atoms with van der Waals surface area (Å²) < 4.78 is 0. The highest BCUT2D eigenvalue weighted by molar-refractivity contribution is 6.08. The van der Waals surface area contributed by atoms with Gasteiger partial charge in [-0.05, 0) is 17.0 Å². The highest BCUT2D eigenvalue weighted by atomic mass is 16.1. The topological polar surface area (TPSA) is 29.1 Å². The number of fused-ring (bicyclic) bond motifs is 1. The summed E-state index contributed by atoms with van der Waals surface area (Å²) in [6.07, 6.45) is 0. The van der Waals surface area contributed by atoms with Crippen LogP contribution in [-0.4, -0.2) is 5.91 Å². The minimum absolute atomic E-state index is 0.0504. The Hall–Kier alpha value is -2.35. The summed E-state index contributed by atoms with van der Waals surface area (Å²) in [6, 6.07) is 18.0. The summed E-state index contributed by atoms with van der Waals surface area (Å²) in [7, 11) is 0. The molecule has 2 nitrogen and oxygen atoms in total. The molecule has 0 spiro atoms. The van der Waals surface area contributed by atoms with Crippen molar-refractivity contribution in [3.63, 3.8) is 0 Å². The summed E-state index contributed by atoms with van der Waals surface area (Å²) >= 11 is 0. The lowest BCUT2D eigenvalue weighted by Crippen LogP contribution is -2.11. The lowest BCUT2D eigenvalue weighted by Gasteiger charge is -2.18. The zero-order chi connectivity index (χ0) is 15.5. The van der Waals surface area contributed by atoms with Gasteiger partial charge in [-0.15, -0.1) is 0 Å². The van der Waals surface area contributed by atoms with Crippen LogP contribution in [0.3, 0.4) is 0 Å². The van der Waals surface area contributed by atoms with Gasteiger partial charge in [0.1, 0.15) is 0 Å². The van der Waals surface area contributed by atoms with E-state index in [1.54, 1.807) is 6.07 Å². The van der Waals surface area contributed by atoms with E-state index in [-0.39, 0.29) is 5.91 Å². The summed E-state index contributed by atoms with van der Waals surface area (Å²) in [5.74, 6) is -0.0504. The van der Waals surface area contributed by atoms with Crippen molar-refractivity contribution in [2.75, 3.05) is 0 Å². The third-order valence-electron chi connectivity index (χ3n) is 3.40. The summed E-state index contributed by atoms with van der Waals surface area (Å²) in [5.41, 5.74) is 4.02. The molecule has 0 saturated heterocycles. The second kappa shape index (κ2) is 5.96. The van der Waals surface area contributed by atoms with Crippen molar-refractivity contribution in [3.8, 4) is 0 Å². The van der Waals surface area contributed by atoms with Crippen molar-refractivity contribution in [2.24, 2.45) is 0 Å². The lowest BCUT2D eigenvalue weighted by atomic mass is 9.87. The molecule has 0 unspecified atom stereocenters. The first-order chi connectivity index (χ1) is 9.89. The van der Waals surface area contributed by atoms with Crippen LogP contribution in [-0.2, 0) is 5.41 Å². The average Bonchev–Trinajstić information content (AvgIpc) is 2.76. The molecular weight excluding hydrogens is 258 g/mol. The van der Waals surface area contributed by atoms with E-state index >= 15 is 0 Å². The van der Waals surface area contributed by atoms with Gasteiger partial charge in [0.25, 0.3) is 5.91 Å². The molecule has 1 heterocycles. The smallest absolute Gasteiger partial charge is 0.256 e. The molecule has 1 N–H and O–H groups in total. The van der Waals surface area contributed by atoms with Gasteiger partial charge < -0.3 is 5.32 Å². The number of rotatable bonds is 0. The number of carbonyl (C=O) groups excluding carboxylic acids is 1. The zero-order valence-corrected chi connectivity index (χ0v) is 12.8. The summed E-state index contributed by atoms with van der Waals surface area (Å²) in [6.45, 7) is 10.4. The van der Waals surface area contributed by atoms with E-state index in [9.17, 15) is 4.79 Å². The van der Waals surface area contributed by atoms with Crippen molar-refractivity contribution < 1.29 is 4.79 Å². The standard InChI is InChI=1S/C10H14.C9H7NO/c1-10(2,3)9-7-5-4-6-8-9;1-6-7-4-2-3-5-8(7)9(11)10-6/h4-8H,1-3H3;2-5H,1H2,(H,10,11). The summed E-state index contributed by atoms with van der Waals surface area (Å²) in [5, 5.41) is 2.65. The van der Waals surface area contributed by atoms with Crippen LogP contribution in [0.5, 0.6) is 0 Å². The minimum Gasteiger partial charge on any atom is -0.322 e. The fraction of sp³-hybridized carbons (Fsp3) is 0.211. The molecule has 3 rings (SSSR count). The van der Waals surface area contributed by atoms with Crippen molar-refractivity contribution in [1.29, 1.82) is 0 Å². The van der Waals surface area contributed by atoms with Gasteiger partial charge in [0.05, 0.1) is 0 Å². The van der Waals surface area contributed by atoms with Crippen LogP contribution in [0.2, 0.25) is 0 Å². The monoisotopic (exact) mass is 279 g/mol. The molecule has 21 heavy (non-hydrogen) atoms. The molecule has 0 bridgehead atoms. The van der Waals surface area contributed by atoms with Crippen molar-refractivity contribution in [2.45, 2.75) is 26.2 Å². The third-order valence-corrected chi connectivity index (χ3v) is 3.40. The van der Waals surface area contributed by atoms with E-state index in [1.807, 2.05) is 18.2 Å². The molecule has 0 radical (unpaired) electrons. The van der Waals surface area contributed by atoms with Crippen molar-refractivity contribution in [3.05, 3.63) is 77.9 Å². The van der Waals surface area contributed by atoms with Gasteiger partial charge in [0.2, 0.25) is 0 Å². The van der Waals surface area contributed by atoms with E-state index in [0.717, 1.165) is 11.1 Å². The van der Waals surface area contributed by atoms with Crippen molar-refractivity contribution in [1.82, 2.24) is 5.32 Å². The fourth-order valence-electron chi connectivity index (χ4n) is 2.15. The molecule has 2 aromatic rings. The molecule has 1 aliphatic heterocycles. The van der Waals surface area contributed by atoms with Gasteiger partial charge in [-0.25, -0.2) is 0 Å². The van der Waals surface area contributed by atoms with E-state index in [2.05, 4.69) is 63.0 Å².